The van der Waals surface area contributed by atoms with Crippen molar-refractivity contribution in [1.29, 1.82) is 0 Å². The number of para-hydroxylation sites is 1. The number of hydrogen-bond acceptors (Lipinski definition) is 0. The fraction of sp³-hybridized carbons (Fsp3) is 0.0164. The van der Waals surface area contributed by atoms with Crippen molar-refractivity contribution in [2.45, 2.75) is 6.92 Å². The molecule has 0 aliphatic rings. The average Bonchev–Trinajstić information content (AvgIpc) is 3.66. The summed E-state index contributed by atoms with van der Waals surface area (Å²) in [6.45, 7) is 2.17. The van der Waals surface area contributed by atoms with Crippen molar-refractivity contribution in [3.8, 4) is 39.1 Å². The van der Waals surface area contributed by atoms with Crippen LogP contribution in [0.2, 0.25) is 0 Å². The van der Waals surface area contributed by atoms with Gasteiger partial charge < -0.3 is 4.57 Å². The third-order valence-corrected chi connectivity index (χ3v) is 12.9. The van der Waals surface area contributed by atoms with Gasteiger partial charge in [0.05, 0.1) is 11.0 Å². The average molecular weight is 788 g/mol. The molecule has 0 fully saturated rings. The maximum Gasteiger partial charge on any atom is 0.0543 e. The van der Waals surface area contributed by atoms with E-state index in [0.717, 1.165) is 5.69 Å². The minimum absolute atomic E-state index is 1.16. The predicted octanol–water partition coefficient (Wildman–Crippen LogP) is 16.9. The molecule has 1 aromatic heterocycles. The lowest BCUT2D eigenvalue weighted by Crippen LogP contribution is -1.95. The molecule has 0 atom stereocenters. The van der Waals surface area contributed by atoms with E-state index >= 15 is 0 Å². The van der Waals surface area contributed by atoms with E-state index in [1.165, 1.54) is 115 Å². The van der Waals surface area contributed by atoms with Crippen LogP contribution in [0, 0.1) is 6.92 Å². The molecule has 0 aliphatic heterocycles. The molecule has 0 amide bonds. The Balaban J connectivity index is 0.914. The topological polar surface area (TPSA) is 4.93 Å². The summed E-state index contributed by atoms with van der Waals surface area (Å²) in [5, 5.41) is 12.6. The second-order valence-corrected chi connectivity index (χ2v) is 16.5. The quantitative estimate of drug-likeness (QED) is 0.117. The zero-order valence-corrected chi connectivity index (χ0v) is 34.4. The Hall–Kier alpha value is -8.00. The minimum atomic E-state index is 1.16. The molecule has 0 unspecified atom stereocenters. The van der Waals surface area contributed by atoms with Gasteiger partial charge in [0.25, 0.3) is 0 Å². The van der Waals surface area contributed by atoms with Gasteiger partial charge in [-0.15, -0.1) is 0 Å². The number of aromatic nitrogens is 1. The van der Waals surface area contributed by atoms with Crippen LogP contribution < -0.4 is 0 Å². The molecule has 1 heterocycles. The smallest absolute Gasteiger partial charge is 0.0543 e. The summed E-state index contributed by atoms with van der Waals surface area (Å²) in [6.07, 6.45) is 4.50. The highest BCUT2D eigenvalue weighted by Gasteiger charge is 2.18. The fourth-order valence-corrected chi connectivity index (χ4v) is 10.00. The molecule has 0 bridgehead atoms. The third kappa shape index (κ3) is 5.85. The van der Waals surface area contributed by atoms with Crippen LogP contribution in [0.5, 0.6) is 0 Å². The number of aryl methyl sites for hydroxylation is 1. The molecular formula is C61H41N. The first-order valence-electron chi connectivity index (χ1n) is 21.5. The minimum Gasteiger partial charge on any atom is -0.309 e. The molecule has 1 heteroatoms. The van der Waals surface area contributed by atoms with Crippen molar-refractivity contribution in [3.63, 3.8) is 0 Å². The highest BCUT2D eigenvalue weighted by atomic mass is 15.0. The van der Waals surface area contributed by atoms with Crippen LogP contribution in [0.25, 0.3) is 116 Å². The Morgan fingerprint density at radius 2 is 0.855 bits per heavy atom. The van der Waals surface area contributed by atoms with Gasteiger partial charge in [-0.3, -0.25) is 0 Å². The van der Waals surface area contributed by atoms with Gasteiger partial charge in [0.1, 0.15) is 0 Å². The molecule has 290 valence electrons. The predicted molar refractivity (Wildman–Crippen MR) is 267 cm³/mol. The lowest BCUT2D eigenvalue weighted by molar-refractivity contribution is 1.18. The highest BCUT2D eigenvalue weighted by Crippen LogP contribution is 2.44. The second kappa shape index (κ2) is 14.6. The number of fused-ring (bicyclic) bond motifs is 7. The van der Waals surface area contributed by atoms with Gasteiger partial charge in [0.15, 0.2) is 0 Å². The van der Waals surface area contributed by atoms with E-state index in [4.69, 9.17) is 0 Å². The van der Waals surface area contributed by atoms with E-state index in [1.807, 2.05) is 0 Å². The molecular weight excluding hydrogens is 747 g/mol. The summed E-state index contributed by atoms with van der Waals surface area (Å²) in [5.41, 5.74) is 14.7. The van der Waals surface area contributed by atoms with E-state index in [9.17, 15) is 0 Å². The summed E-state index contributed by atoms with van der Waals surface area (Å²) in [6, 6.07) is 80.2. The van der Waals surface area contributed by atoms with Gasteiger partial charge in [0, 0.05) is 16.5 Å². The van der Waals surface area contributed by atoms with Crippen LogP contribution in [0.4, 0.5) is 0 Å². The standard InChI is InChI=1S/C61H41N/c1-40-25-37-53-52-18-10-11-24-58(52)62(59(53)39-40)46-35-32-45(33-36-46)61-56-21-8-6-19-54(56)60(55-20-7-9-22-57(55)61)44-30-27-41(28-31-44)26-29-43-34-38-51(49-17-5-4-16-48(43)49)50-23-12-14-42-13-2-3-15-47(42)50/h2-39H,1H3. The zero-order chi connectivity index (χ0) is 41.1. The summed E-state index contributed by atoms with van der Waals surface area (Å²) in [4.78, 5) is 0. The van der Waals surface area contributed by atoms with Gasteiger partial charge in [-0.05, 0) is 124 Å². The fourth-order valence-electron chi connectivity index (χ4n) is 10.00. The molecule has 1 nitrogen and oxygen atoms in total. The Kier molecular flexibility index (Phi) is 8.47. The first kappa shape index (κ1) is 35.9. The molecule has 12 rings (SSSR count). The molecule has 0 saturated carbocycles. The largest absolute Gasteiger partial charge is 0.309 e. The van der Waals surface area contributed by atoms with E-state index in [1.54, 1.807) is 0 Å². The number of hydrogen-bond donors (Lipinski definition) is 0. The van der Waals surface area contributed by atoms with Gasteiger partial charge in [0.2, 0.25) is 0 Å². The van der Waals surface area contributed by atoms with E-state index in [2.05, 4.69) is 242 Å². The van der Waals surface area contributed by atoms with Crippen LogP contribution in [0.3, 0.4) is 0 Å². The van der Waals surface area contributed by atoms with Crippen LogP contribution in [0.15, 0.2) is 218 Å². The first-order chi connectivity index (χ1) is 30.7. The molecule has 0 radical (unpaired) electrons. The summed E-state index contributed by atoms with van der Waals surface area (Å²) < 4.78 is 2.41. The lowest BCUT2D eigenvalue weighted by atomic mass is 9.86. The Morgan fingerprint density at radius 3 is 1.53 bits per heavy atom. The summed E-state index contributed by atoms with van der Waals surface area (Å²) >= 11 is 0. The highest BCUT2D eigenvalue weighted by molar-refractivity contribution is 6.21. The van der Waals surface area contributed by atoms with Crippen LogP contribution in [0.1, 0.15) is 16.7 Å². The molecule has 0 aliphatic carbocycles. The monoisotopic (exact) mass is 787 g/mol. The van der Waals surface area contributed by atoms with E-state index in [-0.39, 0.29) is 0 Å². The summed E-state index contributed by atoms with van der Waals surface area (Å²) in [5.74, 6) is 0. The molecule has 0 saturated heterocycles. The molecule has 11 aromatic carbocycles. The molecule has 62 heavy (non-hydrogen) atoms. The van der Waals surface area contributed by atoms with Gasteiger partial charge in [-0.2, -0.15) is 0 Å². The van der Waals surface area contributed by atoms with Crippen LogP contribution in [-0.4, -0.2) is 4.57 Å². The Bertz CT molecular complexity index is 3670. The zero-order valence-electron chi connectivity index (χ0n) is 34.4. The van der Waals surface area contributed by atoms with E-state index in [0.29, 0.717) is 0 Å². The Labute approximate surface area is 361 Å². The van der Waals surface area contributed by atoms with Crippen molar-refractivity contribution >= 4 is 77.0 Å². The van der Waals surface area contributed by atoms with Crippen LogP contribution >= 0.6 is 0 Å². The number of nitrogens with zero attached hydrogens (tertiary/aromatic N) is 1. The van der Waals surface area contributed by atoms with Crippen molar-refractivity contribution in [2.75, 3.05) is 0 Å². The maximum absolute atomic E-state index is 2.41. The molecule has 0 N–H and O–H groups in total. The van der Waals surface area contributed by atoms with Crippen molar-refractivity contribution in [2.24, 2.45) is 0 Å². The Morgan fingerprint density at radius 1 is 0.339 bits per heavy atom. The van der Waals surface area contributed by atoms with Gasteiger partial charge in [-0.25, -0.2) is 0 Å². The van der Waals surface area contributed by atoms with E-state index < -0.39 is 0 Å². The number of benzene rings is 11. The van der Waals surface area contributed by atoms with Crippen molar-refractivity contribution in [3.05, 3.63) is 235 Å². The second-order valence-electron chi connectivity index (χ2n) is 16.5. The molecule has 0 spiro atoms. The van der Waals surface area contributed by atoms with Crippen molar-refractivity contribution < 1.29 is 0 Å². The number of rotatable bonds is 6. The maximum atomic E-state index is 2.41. The summed E-state index contributed by atoms with van der Waals surface area (Å²) in [7, 11) is 0. The van der Waals surface area contributed by atoms with Crippen LogP contribution in [-0.2, 0) is 0 Å². The normalized spacial score (nSPS) is 11.9. The lowest BCUT2D eigenvalue weighted by Gasteiger charge is -2.18. The molecule has 12 aromatic rings. The first-order valence-corrected chi connectivity index (χ1v) is 21.5. The van der Waals surface area contributed by atoms with Crippen molar-refractivity contribution in [1.82, 2.24) is 4.57 Å². The third-order valence-electron chi connectivity index (χ3n) is 12.9. The van der Waals surface area contributed by atoms with Gasteiger partial charge in [-0.1, -0.05) is 206 Å². The SMILES string of the molecule is Cc1ccc2c3ccccc3n(-c3ccc(-c4c5ccccc5c(-c5ccc(C=Cc6ccc(-c7cccc8ccccc78)c7ccccc67)cc5)c5ccccc45)cc3)c2c1. The van der Waals surface area contributed by atoms with Gasteiger partial charge >= 0.3 is 0 Å².